The van der Waals surface area contributed by atoms with Crippen molar-refractivity contribution in [2.24, 2.45) is 5.92 Å². The van der Waals surface area contributed by atoms with Crippen LogP contribution < -0.4 is 0 Å². The third kappa shape index (κ3) is 7.04. The first-order valence-corrected chi connectivity index (χ1v) is 5.31. The fourth-order valence-electron chi connectivity index (χ4n) is 1.25. The van der Waals surface area contributed by atoms with Crippen LogP contribution in [0.1, 0.15) is 33.1 Å². The van der Waals surface area contributed by atoms with E-state index in [2.05, 4.69) is 0 Å². The average Bonchev–Trinajstić information content (AvgIpc) is 2.21. The minimum absolute atomic E-state index is 0.186. The molecular weight excluding hydrogens is 180 g/mol. The summed E-state index contributed by atoms with van der Waals surface area (Å²) < 4.78 is 10.1. The molecule has 0 aliphatic heterocycles. The van der Waals surface area contributed by atoms with Crippen molar-refractivity contribution in [1.82, 2.24) is 0 Å². The van der Waals surface area contributed by atoms with Crippen molar-refractivity contribution in [3.8, 4) is 0 Å². The number of hydrogen-bond acceptors (Lipinski definition) is 3. The minimum atomic E-state index is 0.186. The first-order chi connectivity index (χ1) is 6.72. The zero-order valence-electron chi connectivity index (χ0n) is 9.54. The van der Waals surface area contributed by atoms with Crippen molar-refractivity contribution in [3.63, 3.8) is 0 Å². The van der Waals surface area contributed by atoms with Gasteiger partial charge in [-0.15, -0.1) is 0 Å². The Morgan fingerprint density at radius 2 is 2.00 bits per heavy atom. The van der Waals surface area contributed by atoms with Gasteiger partial charge in [-0.05, 0) is 12.8 Å². The molecule has 0 aromatic rings. The summed E-state index contributed by atoms with van der Waals surface area (Å²) in [7, 11) is 1.66. The summed E-state index contributed by atoms with van der Waals surface area (Å²) >= 11 is 0. The lowest BCUT2D eigenvalue weighted by atomic mass is 9.99. The molecule has 0 N–H and O–H groups in total. The van der Waals surface area contributed by atoms with Gasteiger partial charge in [-0.2, -0.15) is 0 Å². The van der Waals surface area contributed by atoms with Gasteiger partial charge in [0.05, 0.1) is 13.2 Å². The van der Waals surface area contributed by atoms with Gasteiger partial charge in [0.15, 0.2) is 0 Å². The van der Waals surface area contributed by atoms with Gasteiger partial charge in [0.25, 0.3) is 0 Å². The number of Topliss-reactive ketones (excluding diaryl/α,β-unsaturated/α-hetero) is 1. The Morgan fingerprint density at radius 3 is 2.57 bits per heavy atom. The maximum absolute atomic E-state index is 11.2. The summed E-state index contributed by atoms with van der Waals surface area (Å²) in [6.07, 6.45) is 2.53. The fraction of sp³-hybridized carbons (Fsp3) is 0.909. The van der Waals surface area contributed by atoms with Crippen molar-refractivity contribution in [2.45, 2.75) is 33.1 Å². The lowest BCUT2D eigenvalue weighted by molar-refractivity contribution is -0.122. The standard InChI is InChI=1S/C11H22O3/c1-4-11(12)10(2)6-5-7-14-9-8-13-3/h10H,4-9H2,1-3H3. The Kier molecular flexibility index (Phi) is 8.89. The van der Waals surface area contributed by atoms with E-state index in [1.807, 2.05) is 13.8 Å². The first kappa shape index (κ1) is 13.6. The Morgan fingerprint density at radius 1 is 1.29 bits per heavy atom. The second-order valence-electron chi connectivity index (χ2n) is 3.47. The molecule has 0 saturated heterocycles. The van der Waals surface area contributed by atoms with Crippen molar-refractivity contribution >= 4 is 5.78 Å². The molecule has 0 aliphatic carbocycles. The molecule has 14 heavy (non-hydrogen) atoms. The smallest absolute Gasteiger partial charge is 0.135 e. The maximum Gasteiger partial charge on any atom is 0.135 e. The number of ketones is 1. The molecule has 1 atom stereocenters. The molecule has 0 spiro atoms. The quantitative estimate of drug-likeness (QED) is 0.537. The predicted molar refractivity (Wildman–Crippen MR) is 56.4 cm³/mol. The highest BCUT2D eigenvalue weighted by atomic mass is 16.5. The largest absolute Gasteiger partial charge is 0.382 e. The molecule has 0 rings (SSSR count). The van der Waals surface area contributed by atoms with E-state index in [9.17, 15) is 4.79 Å². The molecule has 0 amide bonds. The number of carbonyl (C=O) groups is 1. The summed E-state index contributed by atoms with van der Waals surface area (Å²) in [5.41, 5.74) is 0. The summed E-state index contributed by atoms with van der Waals surface area (Å²) in [5.74, 6) is 0.535. The zero-order valence-corrected chi connectivity index (χ0v) is 9.54. The summed E-state index contributed by atoms with van der Waals surface area (Å²) in [6.45, 7) is 5.91. The molecule has 0 radical (unpaired) electrons. The van der Waals surface area contributed by atoms with Crippen LogP contribution in [0.5, 0.6) is 0 Å². The van der Waals surface area contributed by atoms with Gasteiger partial charge in [-0.1, -0.05) is 13.8 Å². The van der Waals surface area contributed by atoms with Gasteiger partial charge in [0.1, 0.15) is 5.78 Å². The van der Waals surface area contributed by atoms with Gasteiger partial charge in [0, 0.05) is 26.1 Å². The number of rotatable bonds is 9. The molecule has 0 fully saturated rings. The number of carbonyl (C=O) groups excluding carboxylic acids is 1. The molecule has 1 unspecified atom stereocenters. The average molecular weight is 202 g/mol. The summed E-state index contributed by atoms with van der Waals surface area (Å²) in [6, 6.07) is 0. The highest BCUT2D eigenvalue weighted by Crippen LogP contribution is 2.08. The summed E-state index contributed by atoms with van der Waals surface area (Å²) in [5, 5.41) is 0. The van der Waals surface area contributed by atoms with Crippen LogP contribution in [-0.2, 0) is 14.3 Å². The monoisotopic (exact) mass is 202 g/mol. The Balaban J connectivity index is 3.23. The van der Waals surface area contributed by atoms with E-state index >= 15 is 0 Å². The maximum atomic E-state index is 11.2. The molecule has 84 valence electrons. The highest BCUT2D eigenvalue weighted by Gasteiger charge is 2.09. The van der Waals surface area contributed by atoms with Gasteiger partial charge in [-0.3, -0.25) is 4.79 Å². The van der Waals surface area contributed by atoms with E-state index < -0.39 is 0 Å². The predicted octanol–water partition coefficient (Wildman–Crippen LogP) is 2.04. The molecule has 0 aromatic carbocycles. The highest BCUT2D eigenvalue weighted by molar-refractivity contribution is 5.80. The van der Waals surface area contributed by atoms with Gasteiger partial charge < -0.3 is 9.47 Å². The van der Waals surface area contributed by atoms with Crippen molar-refractivity contribution in [2.75, 3.05) is 26.9 Å². The molecule has 3 heteroatoms. The van der Waals surface area contributed by atoms with Crippen molar-refractivity contribution in [3.05, 3.63) is 0 Å². The molecule has 0 bridgehead atoms. The molecular formula is C11H22O3. The van der Waals surface area contributed by atoms with Crippen LogP contribution in [0.3, 0.4) is 0 Å². The van der Waals surface area contributed by atoms with Crippen LogP contribution >= 0.6 is 0 Å². The Labute approximate surface area is 86.8 Å². The van der Waals surface area contributed by atoms with E-state index in [1.54, 1.807) is 7.11 Å². The zero-order chi connectivity index (χ0) is 10.8. The Bertz CT molecular complexity index is 145. The lowest BCUT2D eigenvalue weighted by Crippen LogP contribution is -2.11. The normalized spacial score (nSPS) is 12.8. The van der Waals surface area contributed by atoms with Crippen LogP contribution in [-0.4, -0.2) is 32.7 Å². The third-order valence-corrected chi connectivity index (χ3v) is 2.26. The third-order valence-electron chi connectivity index (χ3n) is 2.26. The van der Waals surface area contributed by atoms with Crippen molar-refractivity contribution < 1.29 is 14.3 Å². The van der Waals surface area contributed by atoms with E-state index in [0.29, 0.717) is 25.4 Å². The van der Waals surface area contributed by atoms with Crippen LogP contribution in [0.15, 0.2) is 0 Å². The van der Waals surface area contributed by atoms with Crippen LogP contribution in [0.25, 0.3) is 0 Å². The number of methoxy groups -OCH3 is 1. The second kappa shape index (κ2) is 9.16. The lowest BCUT2D eigenvalue weighted by Gasteiger charge is -2.08. The second-order valence-corrected chi connectivity index (χ2v) is 3.47. The number of ether oxygens (including phenoxy) is 2. The van der Waals surface area contributed by atoms with E-state index in [4.69, 9.17) is 9.47 Å². The van der Waals surface area contributed by atoms with E-state index in [1.165, 1.54) is 0 Å². The van der Waals surface area contributed by atoms with E-state index in [-0.39, 0.29) is 5.92 Å². The minimum Gasteiger partial charge on any atom is -0.382 e. The van der Waals surface area contributed by atoms with Crippen LogP contribution in [0, 0.1) is 5.92 Å². The van der Waals surface area contributed by atoms with Gasteiger partial charge in [-0.25, -0.2) is 0 Å². The molecule has 0 aromatic heterocycles. The summed E-state index contributed by atoms with van der Waals surface area (Å²) in [4.78, 5) is 11.2. The topological polar surface area (TPSA) is 35.5 Å². The number of hydrogen-bond donors (Lipinski definition) is 0. The van der Waals surface area contributed by atoms with Crippen LogP contribution in [0.2, 0.25) is 0 Å². The molecule has 0 heterocycles. The van der Waals surface area contributed by atoms with E-state index in [0.717, 1.165) is 19.4 Å². The van der Waals surface area contributed by atoms with Crippen LogP contribution in [0.4, 0.5) is 0 Å². The van der Waals surface area contributed by atoms with Crippen molar-refractivity contribution in [1.29, 1.82) is 0 Å². The molecule has 0 saturated carbocycles. The molecule has 3 nitrogen and oxygen atoms in total. The molecule has 0 aliphatic rings. The van der Waals surface area contributed by atoms with Gasteiger partial charge >= 0.3 is 0 Å². The Hall–Kier alpha value is -0.410. The van der Waals surface area contributed by atoms with Gasteiger partial charge in [0.2, 0.25) is 0 Å². The first-order valence-electron chi connectivity index (χ1n) is 5.31. The SMILES string of the molecule is CCC(=O)C(C)CCCOCCOC. The fourth-order valence-corrected chi connectivity index (χ4v) is 1.25.